The van der Waals surface area contributed by atoms with E-state index >= 15 is 0 Å². The summed E-state index contributed by atoms with van der Waals surface area (Å²) in [5.74, 6) is -0.312. The summed E-state index contributed by atoms with van der Waals surface area (Å²) in [5.41, 5.74) is 4.76. The molecular weight excluding hydrogens is 426 g/mol. The van der Waals surface area contributed by atoms with Crippen molar-refractivity contribution in [3.63, 3.8) is 0 Å². The van der Waals surface area contributed by atoms with Gasteiger partial charge in [0.15, 0.2) is 0 Å². The highest BCUT2D eigenvalue weighted by Crippen LogP contribution is 2.33. The minimum absolute atomic E-state index is 0.0646. The van der Waals surface area contributed by atoms with Gasteiger partial charge in [0.25, 0.3) is 11.8 Å². The summed E-state index contributed by atoms with van der Waals surface area (Å²) in [5, 5.41) is 2.99. The topological polar surface area (TPSA) is 69.7 Å². The molecule has 6 nitrogen and oxygen atoms in total. The van der Waals surface area contributed by atoms with Crippen LogP contribution >= 0.6 is 0 Å². The number of rotatable bonds is 5. The number of fused-ring (bicyclic) bond motifs is 2. The van der Waals surface area contributed by atoms with Crippen molar-refractivity contribution < 1.29 is 14.4 Å². The Bertz CT molecular complexity index is 1270. The highest BCUT2D eigenvalue weighted by atomic mass is 16.2. The van der Waals surface area contributed by atoms with Crippen LogP contribution in [0.3, 0.4) is 0 Å². The second-order valence-corrected chi connectivity index (χ2v) is 8.91. The van der Waals surface area contributed by atoms with Crippen molar-refractivity contribution in [2.24, 2.45) is 0 Å². The van der Waals surface area contributed by atoms with Gasteiger partial charge in [-0.05, 0) is 60.7 Å². The van der Waals surface area contributed by atoms with Gasteiger partial charge in [0.1, 0.15) is 6.04 Å². The third-order valence-corrected chi connectivity index (χ3v) is 6.72. The Morgan fingerprint density at radius 1 is 1.00 bits per heavy atom. The molecular formula is C28H27N3O3. The molecule has 2 aliphatic heterocycles. The van der Waals surface area contributed by atoms with Gasteiger partial charge >= 0.3 is 0 Å². The van der Waals surface area contributed by atoms with Crippen LogP contribution in [-0.4, -0.2) is 35.2 Å². The van der Waals surface area contributed by atoms with Crippen LogP contribution in [0.25, 0.3) is 0 Å². The summed E-state index contributed by atoms with van der Waals surface area (Å²) in [6.07, 6.45) is 1.51. The quantitative estimate of drug-likeness (QED) is 0.633. The number of carbonyl (C=O) groups is 3. The minimum Gasteiger partial charge on any atom is -0.348 e. The highest BCUT2D eigenvalue weighted by Gasteiger charge is 2.41. The van der Waals surface area contributed by atoms with Crippen LogP contribution in [0.5, 0.6) is 0 Å². The Morgan fingerprint density at radius 2 is 1.79 bits per heavy atom. The van der Waals surface area contributed by atoms with Crippen molar-refractivity contribution in [1.82, 2.24) is 10.2 Å². The van der Waals surface area contributed by atoms with Crippen molar-refractivity contribution in [1.29, 1.82) is 0 Å². The largest absolute Gasteiger partial charge is 0.348 e. The number of benzene rings is 3. The first-order valence-electron chi connectivity index (χ1n) is 11.7. The molecule has 34 heavy (non-hydrogen) atoms. The van der Waals surface area contributed by atoms with Crippen LogP contribution in [-0.2, 0) is 17.9 Å². The summed E-state index contributed by atoms with van der Waals surface area (Å²) in [4.78, 5) is 42.9. The van der Waals surface area contributed by atoms with E-state index in [1.54, 1.807) is 21.9 Å². The maximum atomic E-state index is 13.5. The number of hydrogen-bond donors (Lipinski definition) is 1. The number of aryl methyl sites for hydroxylation is 1. The molecule has 3 amide bonds. The SMILES string of the molecule is Cc1ccccc1CNC(=O)c1cccc(CN2C(=O)[C@@H]3CCCN3C(=O)c3ccccc32)c1. The summed E-state index contributed by atoms with van der Waals surface area (Å²) in [6.45, 7) is 3.38. The van der Waals surface area contributed by atoms with Gasteiger partial charge < -0.3 is 15.1 Å². The molecule has 0 bridgehead atoms. The Morgan fingerprint density at radius 3 is 2.65 bits per heavy atom. The van der Waals surface area contributed by atoms with E-state index in [4.69, 9.17) is 0 Å². The molecule has 2 aliphatic rings. The number of hydrogen-bond acceptors (Lipinski definition) is 3. The minimum atomic E-state index is -0.430. The predicted octanol–water partition coefficient (Wildman–Crippen LogP) is 4.08. The van der Waals surface area contributed by atoms with E-state index < -0.39 is 6.04 Å². The molecule has 0 unspecified atom stereocenters. The fraction of sp³-hybridized carbons (Fsp3) is 0.250. The van der Waals surface area contributed by atoms with Crippen LogP contribution in [0.1, 0.15) is 50.2 Å². The Hall–Kier alpha value is -3.93. The van der Waals surface area contributed by atoms with Gasteiger partial charge in [-0.3, -0.25) is 14.4 Å². The van der Waals surface area contributed by atoms with E-state index in [0.717, 1.165) is 23.1 Å². The first kappa shape index (κ1) is 21.9. The van der Waals surface area contributed by atoms with Crippen molar-refractivity contribution in [3.05, 3.63) is 101 Å². The maximum Gasteiger partial charge on any atom is 0.256 e. The van der Waals surface area contributed by atoms with E-state index in [9.17, 15) is 14.4 Å². The lowest BCUT2D eigenvalue weighted by atomic mass is 10.1. The molecule has 5 rings (SSSR count). The molecule has 0 radical (unpaired) electrons. The number of para-hydroxylation sites is 1. The van der Waals surface area contributed by atoms with Crippen LogP contribution in [0, 0.1) is 6.92 Å². The lowest BCUT2D eigenvalue weighted by Gasteiger charge is -2.26. The number of nitrogens with one attached hydrogen (secondary N) is 1. The van der Waals surface area contributed by atoms with Crippen molar-refractivity contribution in [3.8, 4) is 0 Å². The van der Waals surface area contributed by atoms with E-state index in [1.165, 1.54) is 0 Å². The van der Waals surface area contributed by atoms with Crippen LogP contribution in [0.15, 0.2) is 72.8 Å². The summed E-state index contributed by atoms with van der Waals surface area (Å²) in [6, 6.07) is 22.2. The van der Waals surface area contributed by atoms with E-state index in [2.05, 4.69) is 5.32 Å². The molecule has 0 spiro atoms. The summed E-state index contributed by atoms with van der Waals surface area (Å²) >= 11 is 0. The number of carbonyl (C=O) groups excluding carboxylic acids is 3. The van der Waals surface area contributed by atoms with Gasteiger partial charge in [0.2, 0.25) is 5.91 Å². The lowest BCUT2D eigenvalue weighted by Crippen LogP contribution is -2.44. The van der Waals surface area contributed by atoms with E-state index in [1.807, 2.05) is 67.6 Å². The Kier molecular flexibility index (Phi) is 5.88. The molecule has 0 saturated carbocycles. The molecule has 0 aromatic heterocycles. The van der Waals surface area contributed by atoms with Crippen LogP contribution in [0.4, 0.5) is 5.69 Å². The average Bonchev–Trinajstić information content (AvgIpc) is 3.33. The second kappa shape index (κ2) is 9.14. The average molecular weight is 454 g/mol. The zero-order chi connectivity index (χ0) is 23.7. The monoisotopic (exact) mass is 453 g/mol. The molecule has 2 heterocycles. The van der Waals surface area contributed by atoms with Crippen LogP contribution in [0.2, 0.25) is 0 Å². The van der Waals surface area contributed by atoms with E-state index in [0.29, 0.717) is 42.9 Å². The fourth-order valence-corrected chi connectivity index (χ4v) is 4.85. The molecule has 172 valence electrons. The summed E-state index contributed by atoms with van der Waals surface area (Å²) < 4.78 is 0. The van der Waals surface area contributed by atoms with Gasteiger partial charge in [0.05, 0.1) is 17.8 Å². The molecule has 1 atom stereocenters. The maximum absolute atomic E-state index is 13.5. The van der Waals surface area contributed by atoms with Crippen molar-refractivity contribution in [2.45, 2.75) is 38.9 Å². The first-order chi connectivity index (χ1) is 16.5. The van der Waals surface area contributed by atoms with E-state index in [-0.39, 0.29) is 17.7 Å². The van der Waals surface area contributed by atoms with Gasteiger partial charge in [-0.15, -0.1) is 0 Å². The number of amides is 3. The zero-order valence-corrected chi connectivity index (χ0v) is 19.2. The molecule has 0 aliphatic carbocycles. The first-order valence-corrected chi connectivity index (χ1v) is 11.7. The highest BCUT2D eigenvalue weighted by molar-refractivity contribution is 6.11. The lowest BCUT2D eigenvalue weighted by molar-refractivity contribution is -0.122. The standard InChI is InChI=1S/C28H27N3O3/c1-19-8-2-3-10-22(19)17-29-26(32)21-11-6-9-20(16-21)18-31-24-13-5-4-12-23(24)27(33)30-15-7-14-25(30)28(31)34/h2-6,8-13,16,25H,7,14-15,17-18H2,1H3,(H,29,32)/t25-/m0/s1. The Balaban J connectivity index is 1.39. The van der Waals surface area contributed by atoms with Crippen molar-refractivity contribution >= 4 is 23.4 Å². The van der Waals surface area contributed by atoms with Crippen molar-refractivity contribution in [2.75, 3.05) is 11.4 Å². The third-order valence-electron chi connectivity index (χ3n) is 6.72. The molecule has 1 saturated heterocycles. The Labute approximate surface area is 199 Å². The van der Waals surface area contributed by atoms with Gasteiger partial charge in [0, 0.05) is 18.7 Å². The van der Waals surface area contributed by atoms with Gasteiger partial charge in [-0.2, -0.15) is 0 Å². The second-order valence-electron chi connectivity index (χ2n) is 8.91. The van der Waals surface area contributed by atoms with Gasteiger partial charge in [-0.25, -0.2) is 0 Å². The summed E-state index contributed by atoms with van der Waals surface area (Å²) in [7, 11) is 0. The predicted molar refractivity (Wildman–Crippen MR) is 130 cm³/mol. The zero-order valence-electron chi connectivity index (χ0n) is 19.2. The molecule has 6 heteroatoms. The smallest absolute Gasteiger partial charge is 0.256 e. The molecule has 1 fully saturated rings. The fourth-order valence-electron chi connectivity index (χ4n) is 4.85. The third kappa shape index (κ3) is 4.07. The van der Waals surface area contributed by atoms with Gasteiger partial charge in [-0.1, -0.05) is 48.5 Å². The molecule has 3 aromatic carbocycles. The normalized spacial score (nSPS) is 17.3. The van der Waals surface area contributed by atoms with Crippen LogP contribution < -0.4 is 10.2 Å². The number of nitrogens with zero attached hydrogens (tertiary/aromatic N) is 2. The molecule has 1 N–H and O–H groups in total. The number of anilines is 1. The molecule has 3 aromatic rings.